The van der Waals surface area contributed by atoms with Gasteiger partial charge in [-0.3, -0.25) is 13.9 Å². The summed E-state index contributed by atoms with van der Waals surface area (Å²) >= 11 is 6.14. The van der Waals surface area contributed by atoms with Crippen molar-refractivity contribution >= 4 is 39.1 Å². The topological polar surface area (TPSA) is 96.0 Å². The molecule has 10 heteroatoms. The molecule has 1 N–H and O–H groups in total. The second kappa shape index (κ2) is 12.0. The Bertz CT molecular complexity index is 1200. The molecule has 3 rings (SSSR count). The van der Waals surface area contributed by atoms with Crippen molar-refractivity contribution in [2.45, 2.75) is 58.2 Å². The Labute approximate surface area is 218 Å². The predicted molar refractivity (Wildman–Crippen MR) is 142 cm³/mol. The summed E-state index contributed by atoms with van der Waals surface area (Å²) in [6, 6.07) is 11.4. The van der Waals surface area contributed by atoms with E-state index in [1.54, 1.807) is 19.1 Å². The van der Waals surface area contributed by atoms with Crippen LogP contribution in [0.5, 0.6) is 5.75 Å². The van der Waals surface area contributed by atoms with Crippen LogP contribution in [-0.4, -0.2) is 57.1 Å². The van der Waals surface area contributed by atoms with Gasteiger partial charge in [-0.15, -0.1) is 0 Å². The summed E-state index contributed by atoms with van der Waals surface area (Å²) in [6.07, 6.45) is 4.98. The van der Waals surface area contributed by atoms with E-state index in [1.807, 2.05) is 31.2 Å². The number of benzene rings is 2. The van der Waals surface area contributed by atoms with Gasteiger partial charge < -0.3 is 15.0 Å². The number of rotatable bonds is 10. The molecule has 1 aliphatic rings. The van der Waals surface area contributed by atoms with E-state index in [9.17, 15) is 18.0 Å². The number of ether oxygens (including phenoxy) is 1. The Morgan fingerprint density at radius 3 is 2.44 bits per heavy atom. The predicted octanol–water partition coefficient (Wildman–Crippen LogP) is 3.90. The van der Waals surface area contributed by atoms with Crippen molar-refractivity contribution in [3.05, 3.63) is 58.6 Å². The molecule has 8 nitrogen and oxygen atoms in total. The highest BCUT2D eigenvalue weighted by Gasteiger charge is 2.32. The molecule has 0 radical (unpaired) electrons. The zero-order valence-corrected chi connectivity index (χ0v) is 22.7. The van der Waals surface area contributed by atoms with E-state index >= 15 is 0 Å². The zero-order chi connectivity index (χ0) is 26.5. The Morgan fingerprint density at radius 2 is 1.83 bits per heavy atom. The quantitative estimate of drug-likeness (QED) is 0.498. The zero-order valence-electron chi connectivity index (χ0n) is 21.2. The van der Waals surface area contributed by atoms with Crippen molar-refractivity contribution in [3.63, 3.8) is 0 Å². The number of methoxy groups -OCH3 is 1. The summed E-state index contributed by atoms with van der Waals surface area (Å²) in [5.41, 5.74) is 1.99. The van der Waals surface area contributed by atoms with Crippen molar-refractivity contribution < 1.29 is 22.7 Å². The van der Waals surface area contributed by atoms with Crippen molar-refractivity contribution in [1.29, 1.82) is 0 Å². The fraction of sp³-hybridized carbons (Fsp3) is 0.462. The number of halogens is 1. The second-order valence-corrected chi connectivity index (χ2v) is 11.5. The summed E-state index contributed by atoms with van der Waals surface area (Å²) in [5.74, 6) is -0.509. The largest absolute Gasteiger partial charge is 0.495 e. The van der Waals surface area contributed by atoms with Gasteiger partial charge in [0.15, 0.2) is 0 Å². The summed E-state index contributed by atoms with van der Waals surface area (Å²) < 4.78 is 31.9. The number of hydrogen-bond donors (Lipinski definition) is 1. The number of hydrogen-bond acceptors (Lipinski definition) is 5. The highest BCUT2D eigenvalue weighted by Crippen LogP contribution is 2.33. The maximum atomic E-state index is 13.7. The van der Waals surface area contributed by atoms with Crippen LogP contribution in [0.3, 0.4) is 0 Å². The van der Waals surface area contributed by atoms with Crippen LogP contribution in [0.15, 0.2) is 42.5 Å². The molecule has 1 fully saturated rings. The third-order valence-corrected chi connectivity index (χ3v) is 7.92. The average Bonchev–Trinajstić information content (AvgIpc) is 3.33. The number of sulfonamides is 1. The molecule has 0 aromatic heterocycles. The van der Waals surface area contributed by atoms with Gasteiger partial charge in [0.1, 0.15) is 18.3 Å². The van der Waals surface area contributed by atoms with Gasteiger partial charge >= 0.3 is 0 Å². The van der Waals surface area contributed by atoms with Crippen LogP contribution in [0, 0.1) is 6.92 Å². The smallest absolute Gasteiger partial charge is 0.244 e. The summed E-state index contributed by atoms with van der Waals surface area (Å²) in [4.78, 5) is 28.3. The first-order valence-corrected chi connectivity index (χ1v) is 14.2. The standard InChI is InChI=1S/C26H34ClN3O5S/c1-18-9-5-6-10-20(18)16-29(19(2)26(32)28-22-11-7-8-12-22)25(31)17-30(36(4,33)34)23-15-21(27)13-14-24(23)35-3/h5-6,9-10,13-15,19,22H,7-8,11-12,16-17H2,1-4H3,(H,28,32). The van der Waals surface area contributed by atoms with Gasteiger partial charge in [0.2, 0.25) is 21.8 Å². The first kappa shape index (κ1) is 27.8. The van der Waals surface area contributed by atoms with E-state index in [4.69, 9.17) is 16.3 Å². The molecule has 0 bridgehead atoms. The summed E-state index contributed by atoms with van der Waals surface area (Å²) in [6.45, 7) is 3.25. The van der Waals surface area contributed by atoms with E-state index in [-0.39, 0.29) is 29.9 Å². The van der Waals surface area contributed by atoms with Gasteiger partial charge in [-0.25, -0.2) is 8.42 Å². The van der Waals surface area contributed by atoms with Crippen LogP contribution >= 0.6 is 11.6 Å². The van der Waals surface area contributed by atoms with E-state index in [2.05, 4.69) is 5.32 Å². The number of amides is 2. The van der Waals surface area contributed by atoms with Crippen molar-refractivity contribution in [2.24, 2.45) is 0 Å². The first-order chi connectivity index (χ1) is 17.0. The first-order valence-electron chi connectivity index (χ1n) is 12.0. The SMILES string of the molecule is COc1ccc(Cl)cc1N(CC(=O)N(Cc1ccccc1C)C(C)C(=O)NC1CCCC1)S(C)(=O)=O. The molecule has 1 aliphatic carbocycles. The van der Waals surface area contributed by atoms with Crippen LogP contribution in [0.25, 0.3) is 0 Å². The van der Waals surface area contributed by atoms with E-state index in [0.29, 0.717) is 5.02 Å². The van der Waals surface area contributed by atoms with Crippen LogP contribution in [0.2, 0.25) is 5.02 Å². The molecule has 2 amide bonds. The lowest BCUT2D eigenvalue weighted by Gasteiger charge is -2.32. The Morgan fingerprint density at radius 1 is 1.17 bits per heavy atom. The summed E-state index contributed by atoms with van der Waals surface area (Å²) in [5, 5.41) is 3.35. The molecule has 0 spiro atoms. The van der Waals surface area contributed by atoms with Crippen LogP contribution in [0.1, 0.15) is 43.7 Å². The van der Waals surface area contributed by atoms with Crippen LogP contribution < -0.4 is 14.4 Å². The number of anilines is 1. The third-order valence-electron chi connectivity index (χ3n) is 6.56. The molecular formula is C26H34ClN3O5S. The van der Waals surface area contributed by atoms with E-state index in [1.165, 1.54) is 18.1 Å². The molecule has 1 unspecified atom stereocenters. The minimum absolute atomic E-state index is 0.0959. The molecular weight excluding hydrogens is 502 g/mol. The minimum Gasteiger partial charge on any atom is -0.495 e. The normalized spacial score (nSPS) is 14.8. The Hall–Kier alpha value is -2.78. The minimum atomic E-state index is -3.89. The lowest BCUT2D eigenvalue weighted by atomic mass is 10.1. The Balaban J connectivity index is 1.94. The maximum Gasteiger partial charge on any atom is 0.244 e. The van der Waals surface area contributed by atoms with Crippen molar-refractivity contribution in [2.75, 3.05) is 24.2 Å². The molecule has 0 aliphatic heterocycles. The van der Waals surface area contributed by atoms with Gasteiger partial charge in [0, 0.05) is 17.6 Å². The molecule has 0 saturated heterocycles. The van der Waals surface area contributed by atoms with Crippen LogP contribution in [-0.2, 0) is 26.2 Å². The van der Waals surface area contributed by atoms with Gasteiger partial charge in [0.05, 0.1) is 19.1 Å². The third kappa shape index (κ3) is 6.91. The number of carbonyl (C=O) groups is 2. The fourth-order valence-corrected chi connectivity index (χ4v) is 5.41. The molecule has 0 heterocycles. The molecule has 1 saturated carbocycles. The van der Waals surface area contributed by atoms with Gasteiger partial charge in [-0.05, 0) is 56.0 Å². The van der Waals surface area contributed by atoms with Gasteiger partial charge in [-0.2, -0.15) is 0 Å². The number of aryl methyl sites for hydroxylation is 1. The van der Waals surface area contributed by atoms with Crippen molar-refractivity contribution in [1.82, 2.24) is 10.2 Å². The van der Waals surface area contributed by atoms with Gasteiger partial charge in [-0.1, -0.05) is 48.7 Å². The van der Waals surface area contributed by atoms with Crippen LogP contribution in [0.4, 0.5) is 5.69 Å². The highest BCUT2D eigenvalue weighted by atomic mass is 35.5. The highest BCUT2D eigenvalue weighted by molar-refractivity contribution is 7.92. The number of nitrogens with zero attached hydrogens (tertiary/aromatic N) is 2. The monoisotopic (exact) mass is 535 g/mol. The average molecular weight is 536 g/mol. The fourth-order valence-electron chi connectivity index (χ4n) is 4.40. The number of carbonyl (C=O) groups excluding carboxylic acids is 2. The van der Waals surface area contributed by atoms with E-state index < -0.39 is 28.5 Å². The summed E-state index contributed by atoms with van der Waals surface area (Å²) in [7, 11) is -2.48. The second-order valence-electron chi connectivity index (χ2n) is 9.20. The molecule has 36 heavy (non-hydrogen) atoms. The lowest BCUT2D eigenvalue weighted by molar-refractivity contribution is -0.139. The van der Waals surface area contributed by atoms with Crippen molar-refractivity contribution in [3.8, 4) is 5.75 Å². The lowest BCUT2D eigenvalue weighted by Crippen LogP contribution is -2.52. The molecule has 2 aromatic carbocycles. The maximum absolute atomic E-state index is 13.7. The molecule has 1 atom stereocenters. The van der Waals surface area contributed by atoms with Gasteiger partial charge in [0.25, 0.3) is 0 Å². The number of nitrogens with one attached hydrogen (secondary N) is 1. The molecule has 2 aromatic rings. The Kier molecular flexibility index (Phi) is 9.24. The molecule has 196 valence electrons. The van der Waals surface area contributed by atoms with E-state index in [0.717, 1.165) is 47.4 Å².